The number of benzene rings is 3. The second kappa shape index (κ2) is 5.02. The summed E-state index contributed by atoms with van der Waals surface area (Å²) < 4.78 is 5.89. The molecular weight excluding hydrogens is 275 g/mol. The van der Waals surface area contributed by atoms with Gasteiger partial charge in [-0.2, -0.15) is 0 Å². The van der Waals surface area contributed by atoms with E-state index in [1.54, 1.807) is 12.1 Å². The molecule has 1 heterocycles. The third kappa shape index (κ3) is 1.93. The fourth-order valence-corrected chi connectivity index (χ4v) is 2.97. The van der Waals surface area contributed by atoms with Crippen molar-refractivity contribution in [2.24, 2.45) is 0 Å². The molecule has 2 N–H and O–H groups in total. The molecule has 0 amide bonds. The molecule has 0 aliphatic heterocycles. The van der Waals surface area contributed by atoms with Crippen molar-refractivity contribution in [2.75, 3.05) is 0 Å². The summed E-state index contributed by atoms with van der Waals surface area (Å²) in [6.07, 6.45) is 0. The minimum atomic E-state index is -1.51. The highest BCUT2D eigenvalue weighted by molar-refractivity contribution is 6.60. The van der Waals surface area contributed by atoms with Crippen LogP contribution in [0.2, 0.25) is 0 Å². The fraction of sp³-hybridized carbons (Fsp3) is 0. The molecule has 0 unspecified atom stereocenters. The van der Waals surface area contributed by atoms with Gasteiger partial charge in [0.25, 0.3) is 0 Å². The van der Waals surface area contributed by atoms with Crippen LogP contribution < -0.4 is 5.46 Å². The lowest BCUT2D eigenvalue weighted by Crippen LogP contribution is -2.31. The molecule has 0 saturated carbocycles. The quantitative estimate of drug-likeness (QED) is 0.558. The summed E-state index contributed by atoms with van der Waals surface area (Å²) in [5.74, 6) is 0. The molecule has 4 heteroatoms. The summed E-state index contributed by atoms with van der Waals surface area (Å²) in [5, 5.41) is 21.3. The zero-order chi connectivity index (χ0) is 15.1. The van der Waals surface area contributed by atoms with Crippen molar-refractivity contribution in [1.82, 2.24) is 0 Å². The Morgan fingerprint density at radius 2 is 1.36 bits per heavy atom. The molecular formula is C18H13BO3. The maximum atomic E-state index is 9.63. The van der Waals surface area contributed by atoms with E-state index in [0.717, 1.165) is 33.1 Å². The lowest BCUT2D eigenvalue weighted by molar-refractivity contribution is 0.426. The first kappa shape index (κ1) is 13.1. The first-order valence-electron chi connectivity index (χ1n) is 7.11. The van der Waals surface area contributed by atoms with Gasteiger partial charge in [0, 0.05) is 10.8 Å². The zero-order valence-corrected chi connectivity index (χ0v) is 11.7. The summed E-state index contributed by atoms with van der Waals surface area (Å²) in [4.78, 5) is 0. The normalized spacial score (nSPS) is 11.2. The van der Waals surface area contributed by atoms with Crippen molar-refractivity contribution < 1.29 is 14.5 Å². The van der Waals surface area contributed by atoms with Gasteiger partial charge in [0.15, 0.2) is 0 Å². The van der Waals surface area contributed by atoms with E-state index < -0.39 is 7.12 Å². The van der Waals surface area contributed by atoms with Crippen LogP contribution in [-0.2, 0) is 0 Å². The Hall–Kier alpha value is -2.56. The minimum absolute atomic E-state index is 0.486. The van der Waals surface area contributed by atoms with Crippen LogP contribution in [0.25, 0.3) is 33.1 Å². The molecule has 0 aliphatic rings. The number of hydrogen-bond acceptors (Lipinski definition) is 3. The molecule has 0 spiro atoms. The summed E-state index contributed by atoms with van der Waals surface area (Å²) >= 11 is 0. The SMILES string of the molecule is OB(O)c1ccccc1-c1cccc2oc3ccccc3c12. The lowest BCUT2D eigenvalue weighted by Gasteiger charge is -2.10. The molecule has 0 saturated heterocycles. The molecule has 4 aromatic rings. The van der Waals surface area contributed by atoms with Crippen LogP contribution in [0.3, 0.4) is 0 Å². The summed E-state index contributed by atoms with van der Waals surface area (Å²) in [7, 11) is -1.51. The molecule has 4 rings (SSSR count). The number of fused-ring (bicyclic) bond motifs is 3. The lowest BCUT2D eigenvalue weighted by atomic mass is 9.75. The van der Waals surface area contributed by atoms with Gasteiger partial charge in [0.2, 0.25) is 0 Å². The van der Waals surface area contributed by atoms with Crippen LogP contribution in [0, 0.1) is 0 Å². The van der Waals surface area contributed by atoms with Gasteiger partial charge >= 0.3 is 7.12 Å². The molecule has 0 bridgehead atoms. The second-order valence-electron chi connectivity index (χ2n) is 5.24. The third-order valence-electron chi connectivity index (χ3n) is 3.93. The first-order valence-corrected chi connectivity index (χ1v) is 7.11. The van der Waals surface area contributed by atoms with Gasteiger partial charge in [-0.3, -0.25) is 0 Å². The van der Waals surface area contributed by atoms with Crippen LogP contribution in [0.15, 0.2) is 71.1 Å². The third-order valence-corrected chi connectivity index (χ3v) is 3.93. The molecule has 0 atom stereocenters. The molecule has 0 aliphatic carbocycles. The van der Waals surface area contributed by atoms with E-state index in [-0.39, 0.29) is 0 Å². The van der Waals surface area contributed by atoms with Gasteiger partial charge in [0.1, 0.15) is 11.2 Å². The van der Waals surface area contributed by atoms with Crippen LogP contribution in [0.4, 0.5) is 0 Å². The predicted molar refractivity (Wildman–Crippen MR) is 89.0 cm³/mol. The van der Waals surface area contributed by atoms with Crippen LogP contribution in [-0.4, -0.2) is 17.2 Å². The largest absolute Gasteiger partial charge is 0.489 e. The minimum Gasteiger partial charge on any atom is -0.456 e. The smallest absolute Gasteiger partial charge is 0.456 e. The zero-order valence-electron chi connectivity index (χ0n) is 11.7. The average molecular weight is 288 g/mol. The van der Waals surface area contributed by atoms with Crippen LogP contribution in [0.1, 0.15) is 0 Å². The Bertz CT molecular complexity index is 972. The topological polar surface area (TPSA) is 53.6 Å². The van der Waals surface area contributed by atoms with Crippen LogP contribution >= 0.6 is 0 Å². The summed E-state index contributed by atoms with van der Waals surface area (Å²) in [6.45, 7) is 0. The Kier molecular flexibility index (Phi) is 3.00. The fourth-order valence-electron chi connectivity index (χ4n) is 2.97. The van der Waals surface area contributed by atoms with Crippen molar-refractivity contribution in [2.45, 2.75) is 0 Å². The molecule has 106 valence electrons. The van der Waals surface area contributed by atoms with E-state index in [1.165, 1.54) is 0 Å². The molecule has 3 nitrogen and oxygen atoms in total. The first-order chi connectivity index (χ1) is 10.8. The monoisotopic (exact) mass is 288 g/mol. The molecule has 1 aromatic heterocycles. The highest BCUT2D eigenvalue weighted by Gasteiger charge is 2.19. The standard InChI is InChI=1S/C18H13BO3/c20-19(21)15-9-3-1-6-12(15)13-8-5-11-17-18(13)14-7-2-4-10-16(14)22-17/h1-11,20-21H. The predicted octanol–water partition coefficient (Wildman–Crippen LogP) is 2.93. The second-order valence-corrected chi connectivity index (χ2v) is 5.24. The van der Waals surface area contributed by atoms with E-state index in [0.29, 0.717) is 5.46 Å². The van der Waals surface area contributed by atoms with Gasteiger partial charge < -0.3 is 14.5 Å². The van der Waals surface area contributed by atoms with Gasteiger partial charge in [-0.05, 0) is 28.7 Å². The van der Waals surface area contributed by atoms with E-state index in [9.17, 15) is 10.0 Å². The Morgan fingerprint density at radius 1 is 0.682 bits per heavy atom. The maximum Gasteiger partial charge on any atom is 0.489 e. The van der Waals surface area contributed by atoms with Crippen molar-refractivity contribution in [3.8, 4) is 11.1 Å². The summed E-state index contributed by atoms with van der Waals surface area (Å²) in [5.41, 5.74) is 3.84. The van der Waals surface area contributed by atoms with Gasteiger partial charge in [-0.25, -0.2) is 0 Å². The number of para-hydroxylation sites is 1. The number of rotatable bonds is 2. The van der Waals surface area contributed by atoms with E-state index in [1.807, 2.05) is 54.6 Å². The molecule has 0 fully saturated rings. The average Bonchev–Trinajstić information content (AvgIpc) is 2.93. The van der Waals surface area contributed by atoms with Crippen molar-refractivity contribution in [3.63, 3.8) is 0 Å². The molecule has 3 aromatic carbocycles. The van der Waals surface area contributed by atoms with Crippen molar-refractivity contribution in [1.29, 1.82) is 0 Å². The van der Waals surface area contributed by atoms with Crippen molar-refractivity contribution in [3.05, 3.63) is 66.7 Å². The Morgan fingerprint density at radius 3 is 2.23 bits per heavy atom. The summed E-state index contributed by atoms with van der Waals surface area (Å²) in [6, 6.07) is 21.0. The number of hydrogen-bond donors (Lipinski definition) is 2. The maximum absolute atomic E-state index is 9.63. The molecule has 22 heavy (non-hydrogen) atoms. The Balaban J connectivity index is 2.12. The van der Waals surface area contributed by atoms with Gasteiger partial charge in [-0.1, -0.05) is 54.6 Å². The van der Waals surface area contributed by atoms with Gasteiger partial charge in [0.05, 0.1) is 0 Å². The highest BCUT2D eigenvalue weighted by atomic mass is 16.4. The highest BCUT2D eigenvalue weighted by Crippen LogP contribution is 2.35. The molecule has 0 radical (unpaired) electrons. The van der Waals surface area contributed by atoms with Crippen LogP contribution in [0.5, 0.6) is 0 Å². The number of furan rings is 1. The van der Waals surface area contributed by atoms with Gasteiger partial charge in [-0.15, -0.1) is 0 Å². The van der Waals surface area contributed by atoms with Crippen molar-refractivity contribution >= 4 is 34.5 Å². The van der Waals surface area contributed by atoms with E-state index in [2.05, 4.69) is 0 Å². The Labute approximate surface area is 127 Å². The van der Waals surface area contributed by atoms with E-state index >= 15 is 0 Å². The van der Waals surface area contributed by atoms with E-state index in [4.69, 9.17) is 4.42 Å².